The third-order valence-corrected chi connectivity index (χ3v) is 2.55. The molecule has 0 saturated heterocycles. The van der Waals surface area contributed by atoms with Gasteiger partial charge in [-0.15, -0.1) is 0 Å². The van der Waals surface area contributed by atoms with Gasteiger partial charge in [-0.2, -0.15) is 0 Å². The van der Waals surface area contributed by atoms with Crippen LogP contribution < -0.4 is 0 Å². The summed E-state index contributed by atoms with van der Waals surface area (Å²) >= 11 is 0. The zero-order valence-corrected chi connectivity index (χ0v) is 8.69. The lowest BCUT2D eigenvalue weighted by molar-refractivity contribution is 0.476. The van der Waals surface area contributed by atoms with Gasteiger partial charge in [0.1, 0.15) is 0 Å². The van der Waals surface area contributed by atoms with Gasteiger partial charge in [-0.1, -0.05) is 32.4 Å². The van der Waals surface area contributed by atoms with E-state index < -0.39 is 11.6 Å². The second-order valence-corrected chi connectivity index (χ2v) is 3.54. The van der Waals surface area contributed by atoms with Crippen LogP contribution in [0.5, 0.6) is 0 Å². The zero-order valence-electron chi connectivity index (χ0n) is 8.69. The maximum atomic E-state index is 13.4. The first kappa shape index (κ1) is 11.2. The summed E-state index contributed by atoms with van der Waals surface area (Å²) in [5.74, 6) is -1.26. The monoisotopic (exact) mass is 198 g/mol. The Hall–Kier alpha value is -0.920. The van der Waals surface area contributed by atoms with Gasteiger partial charge in [0.2, 0.25) is 0 Å². The van der Waals surface area contributed by atoms with Gasteiger partial charge in [0.25, 0.3) is 0 Å². The Labute approximate surface area is 84.0 Å². The molecule has 78 valence electrons. The largest absolute Gasteiger partial charge is 0.204 e. The van der Waals surface area contributed by atoms with Crippen LogP contribution in [0.25, 0.3) is 0 Å². The van der Waals surface area contributed by atoms with Gasteiger partial charge in [-0.05, 0) is 30.4 Å². The van der Waals surface area contributed by atoms with Crippen molar-refractivity contribution >= 4 is 0 Å². The number of hydrogen-bond acceptors (Lipinski definition) is 0. The summed E-state index contributed by atoms with van der Waals surface area (Å²) in [4.78, 5) is 0. The minimum absolute atomic E-state index is 0.149. The van der Waals surface area contributed by atoms with E-state index in [1.54, 1.807) is 12.1 Å². The number of benzene rings is 1. The van der Waals surface area contributed by atoms with Crippen molar-refractivity contribution in [3.63, 3.8) is 0 Å². The van der Waals surface area contributed by atoms with Gasteiger partial charge in [-0.3, -0.25) is 0 Å². The van der Waals surface area contributed by atoms with E-state index in [9.17, 15) is 8.78 Å². The molecule has 0 radical (unpaired) electrons. The molecule has 0 amide bonds. The average Bonchev–Trinajstić information content (AvgIpc) is 2.19. The molecule has 0 saturated carbocycles. The predicted octanol–water partition coefficient (Wildman–Crippen LogP) is 4.26. The second kappa shape index (κ2) is 5.08. The van der Waals surface area contributed by atoms with E-state index in [2.05, 4.69) is 6.92 Å². The highest BCUT2D eigenvalue weighted by Crippen LogP contribution is 2.27. The SMILES string of the molecule is CCCC(CC)c1cccc(F)c1F. The lowest BCUT2D eigenvalue weighted by Gasteiger charge is -2.15. The lowest BCUT2D eigenvalue weighted by atomic mass is 9.92. The lowest BCUT2D eigenvalue weighted by Crippen LogP contribution is -2.02. The first-order chi connectivity index (χ1) is 6.70. The molecular weight excluding hydrogens is 182 g/mol. The molecule has 0 N–H and O–H groups in total. The van der Waals surface area contributed by atoms with E-state index in [0.29, 0.717) is 5.56 Å². The van der Waals surface area contributed by atoms with Gasteiger partial charge in [0.15, 0.2) is 11.6 Å². The molecule has 0 nitrogen and oxygen atoms in total. The fraction of sp³-hybridized carbons (Fsp3) is 0.500. The van der Waals surface area contributed by atoms with Crippen LogP contribution in [0.1, 0.15) is 44.6 Å². The highest BCUT2D eigenvalue weighted by Gasteiger charge is 2.15. The molecule has 1 rings (SSSR count). The van der Waals surface area contributed by atoms with Crippen molar-refractivity contribution in [3.8, 4) is 0 Å². The Kier molecular flexibility index (Phi) is 4.05. The van der Waals surface area contributed by atoms with E-state index in [1.165, 1.54) is 0 Å². The van der Waals surface area contributed by atoms with Crippen molar-refractivity contribution in [2.45, 2.75) is 39.0 Å². The van der Waals surface area contributed by atoms with Crippen molar-refractivity contribution < 1.29 is 8.78 Å². The Morgan fingerprint density at radius 1 is 1.21 bits per heavy atom. The first-order valence-corrected chi connectivity index (χ1v) is 5.14. The van der Waals surface area contributed by atoms with Crippen molar-refractivity contribution in [2.75, 3.05) is 0 Å². The Balaban J connectivity index is 2.97. The molecule has 2 heteroatoms. The van der Waals surface area contributed by atoms with Crippen molar-refractivity contribution in [3.05, 3.63) is 35.4 Å². The smallest absolute Gasteiger partial charge is 0.162 e. The normalized spacial score (nSPS) is 12.9. The van der Waals surface area contributed by atoms with Crippen molar-refractivity contribution in [2.24, 2.45) is 0 Å². The molecule has 0 aliphatic heterocycles. The first-order valence-electron chi connectivity index (χ1n) is 5.14. The fourth-order valence-corrected chi connectivity index (χ4v) is 1.76. The van der Waals surface area contributed by atoms with Crippen LogP contribution >= 0.6 is 0 Å². The Bertz CT molecular complexity index is 294. The summed E-state index contributed by atoms with van der Waals surface area (Å²) in [6, 6.07) is 4.42. The maximum Gasteiger partial charge on any atom is 0.162 e. The van der Waals surface area contributed by atoms with Crippen molar-refractivity contribution in [1.29, 1.82) is 0 Å². The molecule has 0 heterocycles. The quantitative estimate of drug-likeness (QED) is 0.678. The summed E-state index contributed by atoms with van der Waals surface area (Å²) in [6.07, 6.45) is 2.76. The van der Waals surface area contributed by atoms with Crippen molar-refractivity contribution in [1.82, 2.24) is 0 Å². The molecule has 14 heavy (non-hydrogen) atoms. The topological polar surface area (TPSA) is 0 Å². The molecule has 1 aromatic rings. The van der Waals surface area contributed by atoms with E-state index in [0.717, 1.165) is 25.3 Å². The molecule has 1 unspecified atom stereocenters. The van der Waals surface area contributed by atoms with E-state index in [4.69, 9.17) is 0 Å². The Morgan fingerprint density at radius 2 is 1.93 bits per heavy atom. The van der Waals surface area contributed by atoms with Gasteiger partial charge in [-0.25, -0.2) is 8.78 Å². The van der Waals surface area contributed by atoms with Crippen LogP contribution in [0.15, 0.2) is 18.2 Å². The molecule has 1 atom stereocenters. The molecule has 0 spiro atoms. The molecule has 0 aromatic heterocycles. The second-order valence-electron chi connectivity index (χ2n) is 3.54. The molecule has 1 aromatic carbocycles. The molecule has 0 fully saturated rings. The molecule has 0 aliphatic carbocycles. The molecule has 0 aliphatic rings. The van der Waals surface area contributed by atoms with Gasteiger partial charge in [0.05, 0.1) is 0 Å². The third-order valence-electron chi connectivity index (χ3n) is 2.55. The molecular formula is C12H16F2. The summed E-state index contributed by atoms with van der Waals surface area (Å²) in [6.45, 7) is 4.06. The summed E-state index contributed by atoms with van der Waals surface area (Å²) in [5.41, 5.74) is 0.523. The van der Waals surface area contributed by atoms with E-state index >= 15 is 0 Å². The van der Waals surface area contributed by atoms with E-state index in [-0.39, 0.29) is 5.92 Å². The summed E-state index contributed by atoms with van der Waals surface area (Å²) in [5, 5.41) is 0. The van der Waals surface area contributed by atoms with Gasteiger partial charge >= 0.3 is 0 Å². The van der Waals surface area contributed by atoms with Crippen LogP contribution in [0, 0.1) is 11.6 Å². The standard InChI is InChI=1S/C12H16F2/c1-3-6-9(4-2)10-7-5-8-11(13)12(10)14/h5,7-9H,3-4,6H2,1-2H3. The van der Waals surface area contributed by atoms with Gasteiger partial charge < -0.3 is 0 Å². The number of rotatable bonds is 4. The van der Waals surface area contributed by atoms with Crippen LogP contribution in [0.3, 0.4) is 0 Å². The average molecular weight is 198 g/mol. The van der Waals surface area contributed by atoms with Crippen LogP contribution in [0.4, 0.5) is 8.78 Å². The minimum Gasteiger partial charge on any atom is -0.204 e. The fourth-order valence-electron chi connectivity index (χ4n) is 1.76. The summed E-state index contributed by atoms with van der Waals surface area (Å²) < 4.78 is 26.3. The zero-order chi connectivity index (χ0) is 10.6. The van der Waals surface area contributed by atoms with Crippen LogP contribution in [-0.4, -0.2) is 0 Å². The highest BCUT2D eigenvalue weighted by atomic mass is 19.2. The number of hydrogen-bond donors (Lipinski definition) is 0. The number of halogens is 2. The highest BCUT2D eigenvalue weighted by molar-refractivity contribution is 5.22. The predicted molar refractivity (Wildman–Crippen MR) is 54.3 cm³/mol. The summed E-state index contributed by atoms with van der Waals surface area (Å²) in [7, 11) is 0. The van der Waals surface area contributed by atoms with Crippen LogP contribution in [0.2, 0.25) is 0 Å². The van der Waals surface area contributed by atoms with Crippen LogP contribution in [-0.2, 0) is 0 Å². The Morgan fingerprint density at radius 3 is 2.50 bits per heavy atom. The van der Waals surface area contributed by atoms with Gasteiger partial charge in [0, 0.05) is 0 Å². The maximum absolute atomic E-state index is 13.4. The minimum atomic E-state index is -0.739. The third kappa shape index (κ3) is 2.31. The van der Waals surface area contributed by atoms with E-state index in [1.807, 2.05) is 6.92 Å². The molecule has 0 bridgehead atoms.